The summed E-state index contributed by atoms with van der Waals surface area (Å²) in [4.78, 5) is 13.9. The monoisotopic (exact) mass is 389 g/mol. The Hall–Kier alpha value is -1.49. The van der Waals surface area contributed by atoms with Gasteiger partial charge < -0.3 is 4.90 Å². The predicted molar refractivity (Wildman–Crippen MR) is 93.8 cm³/mol. The first kappa shape index (κ1) is 19.8. The van der Waals surface area contributed by atoms with E-state index in [4.69, 9.17) is 5.14 Å². The summed E-state index contributed by atoms with van der Waals surface area (Å²) < 4.78 is 47.5. The number of rotatable bonds is 7. The second kappa shape index (κ2) is 7.81. The van der Waals surface area contributed by atoms with E-state index >= 15 is 0 Å². The molecule has 140 valence electrons. The number of hydrogen-bond donors (Lipinski definition) is 1. The number of amides is 1. The molecule has 1 fully saturated rings. The molecule has 0 spiro atoms. The third-order valence-electron chi connectivity index (χ3n) is 4.14. The van der Waals surface area contributed by atoms with Gasteiger partial charge in [-0.1, -0.05) is 12.1 Å². The average molecular weight is 389 g/mol. The van der Waals surface area contributed by atoms with Crippen LogP contribution in [0.5, 0.6) is 0 Å². The van der Waals surface area contributed by atoms with Crippen LogP contribution in [-0.4, -0.2) is 64.4 Å². The summed E-state index contributed by atoms with van der Waals surface area (Å²) in [7, 11) is -7.28. The number of hydrogen-bond acceptors (Lipinski definition) is 5. The van der Waals surface area contributed by atoms with Crippen molar-refractivity contribution >= 4 is 26.0 Å². The van der Waals surface area contributed by atoms with E-state index in [0.29, 0.717) is 19.5 Å². The Labute approximate surface area is 148 Å². The van der Waals surface area contributed by atoms with Gasteiger partial charge in [0.2, 0.25) is 26.0 Å². The molecular weight excluding hydrogens is 366 g/mol. The molecule has 1 heterocycles. The third-order valence-corrected chi connectivity index (χ3v) is 6.32. The second-order valence-electron chi connectivity index (χ2n) is 6.12. The van der Waals surface area contributed by atoms with E-state index in [-0.39, 0.29) is 23.9 Å². The van der Waals surface area contributed by atoms with Crippen LogP contribution in [0.1, 0.15) is 18.4 Å². The van der Waals surface area contributed by atoms with E-state index in [1.165, 1.54) is 12.1 Å². The predicted octanol–water partition coefficient (Wildman–Crippen LogP) is -0.239. The Kier molecular flexibility index (Phi) is 6.20. The molecule has 1 saturated heterocycles. The van der Waals surface area contributed by atoms with Crippen molar-refractivity contribution in [1.82, 2.24) is 9.21 Å². The number of nitrogens with zero attached hydrogens (tertiary/aromatic N) is 2. The molecular formula is C15H23N3O5S2. The maximum Gasteiger partial charge on any atom is 0.238 e. The first-order chi connectivity index (χ1) is 11.6. The molecule has 0 aromatic heterocycles. The molecule has 2 rings (SSSR count). The van der Waals surface area contributed by atoms with Crippen LogP contribution in [-0.2, 0) is 31.3 Å². The van der Waals surface area contributed by atoms with E-state index in [9.17, 15) is 21.6 Å². The van der Waals surface area contributed by atoms with Gasteiger partial charge in [0.1, 0.15) is 0 Å². The van der Waals surface area contributed by atoms with Crippen molar-refractivity contribution in [3.05, 3.63) is 29.8 Å². The van der Waals surface area contributed by atoms with Crippen LogP contribution in [0.25, 0.3) is 0 Å². The zero-order chi connectivity index (χ0) is 18.7. The molecule has 0 unspecified atom stereocenters. The van der Waals surface area contributed by atoms with Crippen LogP contribution in [0.4, 0.5) is 0 Å². The Morgan fingerprint density at radius 3 is 2.16 bits per heavy atom. The number of nitrogens with two attached hydrogens (primary N) is 1. The lowest BCUT2D eigenvalue weighted by Gasteiger charge is -2.23. The molecule has 1 aromatic carbocycles. The van der Waals surface area contributed by atoms with Crippen molar-refractivity contribution in [2.75, 3.05) is 32.4 Å². The van der Waals surface area contributed by atoms with Gasteiger partial charge in [0.05, 0.1) is 17.7 Å². The molecule has 1 aliphatic rings. The van der Waals surface area contributed by atoms with Crippen molar-refractivity contribution in [1.29, 1.82) is 0 Å². The summed E-state index contributed by atoms with van der Waals surface area (Å²) >= 11 is 0. The Balaban J connectivity index is 2.01. The van der Waals surface area contributed by atoms with Gasteiger partial charge in [0.25, 0.3) is 0 Å². The second-order valence-corrected chi connectivity index (χ2v) is 9.67. The fraction of sp³-hybridized carbons (Fsp3) is 0.533. The summed E-state index contributed by atoms with van der Waals surface area (Å²) in [5.74, 6) is -0.188. The van der Waals surface area contributed by atoms with Gasteiger partial charge >= 0.3 is 0 Å². The first-order valence-corrected chi connectivity index (χ1v) is 11.3. The lowest BCUT2D eigenvalue weighted by molar-refractivity contribution is -0.130. The van der Waals surface area contributed by atoms with Crippen LogP contribution < -0.4 is 5.14 Å². The van der Waals surface area contributed by atoms with E-state index < -0.39 is 20.0 Å². The highest BCUT2D eigenvalue weighted by Crippen LogP contribution is 2.12. The first-order valence-electron chi connectivity index (χ1n) is 7.92. The summed E-state index contributed by atoms with van der Waals surface area (Å²) in [6, 6.07) is 5.93. The van der Waals surface area contributed by atoms with Crippen LogP contribution >= 0.6 is 0 Å². The molecule has 0 bridgehead atoms. The Morgan fingerprint density at radius 1 is 1.12 bits per heavy atom. The maximum atomic E-state index is 12.2. The van der Waals surface area contributed by atoms with Crippen molar-refractivity contribution in [2.24, 2.45) is 5.14 Å². The third kappa shape index (κ3) is 5.77. The zero-order valence-electron chi connectivity index (χ0n) is 14.1. The van der Waals surface area contributed by atoms with Crippen LogP contribution in [0, 0.1) is 0 Å². The molecule has 2 N–H and O–H groups in total. The minimum absolute atomic E-state index is 0.000398. The van der Waals surface area contributed by atoms with E-state index in [1.807, 2.05) is 0 Å². The topological polar surface area (TPSA) is 118 Å². The maximum absolute atomic E-state index is 12.2. The van der Waals surface area contributed by atoms with Crippen LogP contribution in [0.3, 0.4) is 0 Å². The molecule has 8 nitrogen and oxygen atoms in total. The van der Waals surface area contributed by atoms with Gasteiger partial charge in [0, 0.05) is 19.6 Å². The van der Waals surface area contributed by atoms with Gasteiger partial charge in [-0.15, -0.1) is 0 Å². The highest BCUT2D eigenvalue weighted by Gasteiger charge is 2.25. The highest BCUT2D eigenvalue weighted by molar-refractivity contribution is 7.89. The molecule has 1 amide bonds. The summed E-state index contributed by atoms with van der Waals surface area (Å²) in [5.41, 5.74) is 0.759. The van der Waals surface area contributed by atoms with Gasteiger partial charge in [0.15, 0.2) is 0 Å². The molecule has 0 radical (unpaired) electrons. The van der Waals surface area contributed by atoms with Gasteiger partial charge in [-0.2, -0.15) is 4.31 Å². The van der Waals surface area contributed by atoms with Crippen molar-refractivity contribution in [2.45, 2.75) is 24.2 Å². The van der Waals surface area contributed by atoms with Gasteiger partial charge in [-0.25, -0.2) is 22.0 Å². The SMILES string of the molecule is CS(=O)(=O)N(CCc1ccc(S(N)(=O)=O)cc1)CC(=O)N1CCCC1. The number of carbonyl (C=O) groups excluding carboxylic acids is 1. The highest BCUT2D eigenvalue weighted by atomic mass is 32.2. The van der Waals surface area contributed by atoms with Crippen molar-refractivity contribution in [3.8, 4) is 0 Å². The molecule has 0 aliphatic carbocycles. The minimum Gasteiger partial charge on any atom is -0.342 e. The quantitative estimate of drug-likeness (QED) is 0.690. The zero-order valence-corrected chi connectivity index (χ0v) is 15.7. The smallest absolute Gasteiger partial charge is 0.238 e. The molecule has 0 saturated carbocycles. The number of primary sulfonamides is 1. The number of benzene rings is 1. The Bertz CT molecular complexity index is 813. The van der Waals surface area contributed by atoms with E-state index in [0.717, 1.165) is 29.0 Å². The fourth-order valence-electron chi connectivity index (χ4n) is 2.68. The van der Waals surface area contributed by atoms with Crippen molar-refractivity contribution in [3.63, 3.8) is 0 Å². The van der Waals surface area contributed by atoms with Gasteiger partial charge in [-0.3, -0.25) is 4.79 Å². The summed E-state index contributed by atoms with van der Waals surface area (Å²) in [5, 5.41) is 5.04. The van der Waals surface area contributed by atoms with E-state index in [2.05, 4.69) is 0 Å². The Morgan fingerprint density at radius 2 is 1.68 bits per heavy atom. The lowest BCUT2D eigenvalue weighted by atomic mass is 10.1. The summed E-state index contributed by atoms with van der Waals surface area (Å²) in [6.45, 7) is 1.32. The number of sulfonamides is 2. The molecule has 10 heteroatoms. The normalized spacial score (nSPS) is 15.7. The standard InChI is InChI=1S/C15H23N3O5S2/c1-24(20,21)18(12-15(19)17-9-2-3-10-17)11-8-13-4-6-14(7-5-13)25(16,22)23/h4-7H,2-3,8-12H2,1H3,(H2,16,22,23). The van der Waals surface area contributed by atoms with Crippen molar-refractivity contribution < 1.29 is 21.6 Å². The minimum atomic E-state index is -3.76. The molecule has 0 atom stereocenters. The largest absolute Gasteiger partial charge is 0.342 e. The van der Waals surface area contributed by atoms with Crippen LogP contribution in [0.15, 0.2) is 29.2 Å². The number of likely N-dealkylation sites (tertiary alicyclic amines) is 1. The molecule has 25 heavy (non-hydrogen) atoms. The van der Waals surface area contributed by atoms with E-state index in [1.54, 1.807) is 17.0 Å². The van der Waals surface area contributed by atoms with Crippen LogP contribution in [0.2, 0.25) is 0 Å². The number of carbonyl (C=O) groups is 1. The fourth-order valence-corrected chi connectivity index (χ4v) is 3.96. The summed E-state index contributed by atoms with van der Waals surface area (Å²) in [6.07, 6.45) is 3.33. The van der Waals surface area contributed by atoms with Gasteiger partial charge in [-0.05, 0) is 37.0 Å². The lowest BCUT2D eigenvalue weighted by Crippen LogP contribution is -2.42. The molecule has 1 aliphatic heterocycles. The average Bonchev–Trinajstić information content (AvgIpc) is 3.04. The molecule has 1 aromatic rings.